The number of rotatable bonds is 13. The summed E-state index contributed by atoms with van der Waals surface area (Å²) in [7, 11) is -1.59. The molecule has 582 valence electrons. The molecule has 0 spiro atoms. The first-order valence-electron chi connectivity index (χ1n) is 36.4. The van der Waals surface area contributed by atoms with Crippen molar-refractivity contribution in [2.75, 3.05) is 78.5 Å². The van der Waals surface area contributed by atoms with E-state index in [1.807, 2.05) is 133 Å². The number of ether oxygens (including phenoxy) is 2. The number of fused-ring (bicyclic) bond motifs is 3. The Bertz CT molecular complexity index is 4460. The van der Waals surface area contributed by atoms with Gasteiger partial charge in [-0.15, -0.1) is 0 Å². The van der Waals surface area contributed by atoms with Crippen LogP contribution in [0.25, 0.3) is 32.3 Å². The van der Waals surface area contributed by atoms with Gasteiger partial charge in [0.15, 0.2) is 5.96 Å². The van der Waals surface area contributed by atoms with E-state index in [2.05, 4.69) is 125 Å². The standard InChI is InChI=1S/C29H35N5O3.C24H27N5O.C22H29N5O3.C6H9BO6.Na.H/c1-29(2,3)37-28(36)32-26(30-20-24-14-9-13-23-12-7-8-15-25(23)24)31-27(35)34-18-16-33(17-19-34)21-22-10-5-4-6-11-22;25-23(26-17-21-11-6-10-20-9-4-5-12-22(20)21)27-24(30)29-15-13-28(14-16-29)18-19-7-2-1-3-8-19;1-22(2,3)30-21(29)26-19(25-20(28)27-13-11-23-12-14-27)24-15-17-9-6-8-16-7-4-5-10-18(16)17;1-4(8)11-7(12-5(2)9)13-6(3)10;;/h4-15H,16-21H2,1-3H3,(H2,30,31,32,35,36);1-12H,13-18H2,(H3,25,26,27,30);4-10,23H,11-15H2,1-3H3,(H2,24,25,26,28,29);1-3H3;;/q;;;;+1;-1. The number of nitrogens with zero attached hydrogens (tertiary/aromatic N) is 8. The first kappa shape index (κ1) is 87.3. The number of carbonyl (C=O) groups is 8. The number of hydrogen-bond donors (Lipinski definition) is 7. The zero-order valence-electron chi connectivity index (χ0n) is 66.0. The van der Waals surface area contributed by atoms with Crippen molar-refractivity contribution in [2.45, 2.75) is 106 Å². The average Bonchev–Trinajstić information content (AvgIpc) is 0.863. The number of hydrogen-bond acceptors (Lipinski definition) is 19. The van der Waals surface area contributed by atoms with Crippen LogP contribution in [0.4, 0.5) is 24.0 Å². The van der Waals surface area contributed by atoms with Gasteiger partial charge in [-0.1, -0.05) is 188 Å². The van der Waals surface area contributed by atoms with Gasteiger partial charge in [0.1, 0.15) is 11.2 Å². The maximum Gasteiger partial charge on any atom is 1.00 e. The molecule has 3 heterocycles. The second-order valence-corrected chi connectivity index (χ2v) is 27.8. The number of nitrogens with two attached hydrogens (primary N) is 1. The minimum absolute atomic E-state index is 0. The fourth-order valence-electron chi connectivity index (χ4n) is 11.6. The molecule has 3 saturated heterocycles. The van der Waals surface area contributed by atoms with Crippen LogP contribution in [0, 0.1) is 0 Å². The first-order valence-corrected chi connectivity index (χ1v) is 36.4. The number of alkyl carbamates (subject to hydrolysis) is 2. The Morgan fingerprint density at radius 3 is 1.05 bits per heavy atom. The van der Waals surface area contributed by atoms with E-state index in [-0.39, 0.29) is 73.5 Å². The molecule has 8 aromatic rings. The number of guanidine groups is 3. The van der Waals surface area contributed by atoms with Gasteiger partial charge in [-0.3, -0.25) is 50.8 Å². The molecule has 0 bridgehead atoms. The maximum absolute atomic E-state index is 13.1. The monoisotopic (exact) mass is 1530 g/mol. The Balaban J connectivity index is 0.000000242. The van der Waals surface area contributed by atoms with Crippen molar-refractivity contribution in [2.24, 2.45) is 20.7 Å². The third-order valence-corrected chi connectivity index (χ3v) is 16.8. The van der Waals surface area contributed by atoms with Crippen LogP contribution in [0.2, 0.25) is 0 Å². The van der Waals surface area contributed by atoms with Crippen molar-refractivity contribution >= 4 is 106 Å². The molecule has 3 aliphatic heterocycles. The molecule has 0 aliphatic carbocycles. The molecule has 0 atom stereocenters. The molecular weight excluding hydrogens is 1420 g/mol. The number of aliphatic imine (C=N–C) groups is 3. The molecule has 8 aromatic carbocycles. The van der Waals surface area contributed by atoms with E-state index in [9.17, 15) is 38.4 Å². The maximum atomic E-state index is 13.1. The van der Waals surface area contributed by atoms with Gasteiger partial charge in [-0.05, 0) is 102 Å². The Kier molecular flexibility index (Phi) is 34.6. The number of nitrogens with one attached hydrogen (secondary N) is 6. The Hall–Kier alpha value is -10.9. The summed E-state index contributed by atoms with van der Waals surface area (Å²) in [6.07, 6.45) is -1.34. The Labute approximate surface area is 672 Å². The van der Waals surface area contributed by atoms with E-state index in [0.717, 1.165) is 117 Å². The number of piperazine rings is 3. The van der Waals surface area contributed by atoms with Crippen LogP contribution in [0.5, 0.6) is 0 Å². The van der Waals surface area contributed by atoms with E-state index in [1.165, 1.54) is 16.5 Å². The van der Waals surface area contributed by atoms with Crippen molar-refractivity contribution < 1.29 is 92.8 Å². The predicted molar refractivity (Wildman–Crippen MR) is 427 cm³/mol. The van der Waals surface area contributed by atoms with Crippen LogP contribution >= 0.6 is 0 Å². The SMILES string of the molecule is CC(=O)OB(OC(C)=O)OC(C)=O.CC(C)(C)OC(=O)NC(=NCc1cccc2ccccc12)NC(=O)N1CCN(Cc2ccccc2)CC1.CC(C)(C)OC(=O)NC(=NCc1cccc2ccccc12)NC(=O)N1CCNCC1.NC(=NCc1cccc2ccccc12)NC(=O)N1CCN(Cc2ccccc2)CC1.[H-].[Na+]. The van der Waals surface area contributed by atoms with Gasteiger partial charge in [0.05, 0.1) is 19.6 Å². The van der Waals surface area contributed by atoms with Gasteiger partial charge in [0, 0.05) is 112 Å². The smallest absolute Gasteiger partial charge is 1.00 e. The van der Waals surface area contributed by atoms with Crippen molar-refractivity contribution in [1.29, 1.82) is 0 Å². The molecule has 8 amide bonds. The fraction of sp³-hybridized carbons (Fsp3) is 0.346. The summed E-state index contributed by atoms with van der Waals surface area (Å²) in [6.45, 7) is 25.1. The molecule has 30 heteroatoms. The second kappa shape index (κ2) is 44.0. The molecular formula is C81H101BN15NaO13. The van der Waals surface area contributed by atoms with Gasteiger partial charge < -0.3 is 50.6 Å². The largest absolute Gasteiger partial charge is 1.00 e. The molecule has 111 heavy (non-hydrogen) atoms. The predicted octanol–water partition coefficient (Wildman–Crippen LogP) is 7.54. The van der Waals surface area contributed by atoms with Crippen LogP contribution in [0.1, 0.15) is 91.6 Å². The van der Waals surface area contributed by atoms with E-state index in [4.69, 9.17) is 15.2 Å². The van der Waals surface area contributed by atoms with Gasteiger partial charge in [-0.25, -0.2) is 38.9 Å². The van der Waals surface area contributed by atoms with Crippen molar-refractivity contribution in [3.63, 3.8) is 0 Å². The number of urea groups is 3. The molecule has 0 unspecified atom stereocenters. The van der Waals surface area contributed by atoms with Crippen LogP contribution in [-0.2, 0) is 70.5 Å². The van der Waals surface area contributed by atoms with E-state index < -0.39 is 48.6 Å². The Morgan fingerprint density at radius 1 is 0.405 bits per heavy atom. The van der Waals surface area contributed by atoms with Crippen LogP contribution < -0.4 is 67.2 Å². The van der Waals surface area contributed by atoms with Crippen LogP contribution in [0.15, 0.2) is 203 Å². The summed E-state index contributed by atoms with van der Waals surface area (Å²) in [5.41, 5.74) is 10.3. The zero-order chi connectivity index (χ0) is 79.0. The molecule has 0 radical (unpaired) electrons. The second-order valence-electron chi connectivity index (χ2n) is 27.8. The van der Waals surface area contributed by atoms with E-state index in [0.29, 0.717) is 52.4 Å². The summed E-state index contributed by atoms with van der Waals surface area (Å²) >= 11 is 0. The van der Waals surface area contributed by atoms with Crippen molar-refractivity contribution in [1.82, 2.24) is 56.4 Å². The third-order valence-electron chi connectivity index (χ3n) is 16.8. The molecule has 0 saturated carbocycles. The first-order chi connectivity index (χ1) is 52.7. The molecule has 8 N–H and O–H groups in total. The van der Waals surface area contributed by atoms with E-state index in [1.54, 1.807) is 56.2 Å². The minimum Gasteiger partial charge on any atom is -1.00 e. The average molecular weight is 1530 g/mol. The topological polar surface area (TPSA) is 334 Å². The number of carbonyl (C=O) groups excluding carboxylic acids is 8. The Morgan fingerprint density at radius 2 is 0.712 bits per heavy atom. The minimum atomic E-state index is -1.59. The van der Waals surface area contributed by atoms with Gasteiger partial charge in [0.2, 0.25) is 11.9 Å². The normalized spacial score (nSPS) is 14.2. The van der Waals surface area contributed by atoms with Crippen LogP contribution in [-0.4, -0.2) is 188 Å². The summed E-state index contributed by atoms with van der Waals surface area (Å²) < 4.78 is 23.7. The quantitative estimate of drug-likeness (QED) is 0.0333. The number of benzene rings is 8. The number of amides is 8. The van der Waals surface area contributed by atoms with Crippen molar-refractivity contribution in [3.8, 4) is 0 Å². The molecule has 0 aromatic heterocycles. The van der Waals surface area contributed by atoms with Crippen molar-refractivity contribution in [3.05, 3.63) is 216 Å². The van der Waals surface area contributed by atoms with Gasteiger partial charge in [-0.2, -0.15) is 0 Å². The summed E-state index contributed by atoms with van der Waals surface area (Å²) in [6, 6.07) is 62.3. The summed E-state index contributed by atoms with van der Waals surface area (Å²) in [5.74, 6) is -1.85. The van der Waals surface area contributed by atoms with Crippen LogP contribution in [0.3, 0.4) is 0 Å². The van der Waals surface area contributed by atoms with E-state index >= 15 is 0 Å². The summed E-state index contributed by atoms with van der Waals surface area (Å²) in [4.78, 5) is 118. The molecule has 3 aliphatic rings. The van der Waals surface area contributed by atoms with Gasteiger partial charge in [0.25, 0.3) is 17.9 Å². The fourth-order valence-corrected chi connectivity index (χ4v) is 11.6. The summed E-state index contributed by atoms with van der Waals surface area (Å²) in [5, 5.41) is 23.3. The zero-order valence-corrected chi connectivity index (χ0v) is 67.0. The molecule has 11 rings (SSSR count). The molecule has 3 fully saturated rings. The molecule has 28 nitrogen and oxygen atoms in total. The van der Waals surface area contributed by atoms with Gasteiger partial charge >= 0.3 is 67.2 Å². The third kappa shape index (κ3) is 31.2.